The molecule has 9 aromatic carbocycles. The molecule has 5 nitrogen and oxygen atoms in total. The smallest absolute Gasteiger partial charge is 0.164 e. The van der Waals surface area contributed by atoms with Gasteiger partial charge in [-0.2, -0.15) is 0 Å². The fourth-order valence-corrected chi connectivity index (χ4v) is 10.2. The van der Waals surface area contributed by atoms with Gasteiger partial charge in [-0.3, -0.25) is 0 Å². The molecule has 0 radical (unpaired) electrons. The van der Waals surface area contributed by atoms with Gasteiger partial charge in [-0.15, -0.1) is 0 Å². The first-order chi connectivity index (χ1) is 31.7. The van der Waals surface area contributed by atoms with Gasteiger partial charge < -0.3 is 4.74 Å². The fourth-order valence-electron chi connectivity index (χ4n) is 10.2. The van der Waals surface area contributed by atoms with Crippen LogP contribution in [0.3, 0.4) is 0 Å². The summed E-state index contributed by atoms with van der Waals surface area (Å²) in [6.07, 6.45) is 0. The van der Waals surface area contributed by atoms with Crippen LogP contribution in [0, 0.1) is 0 Å². The minimum Gasteiger partial charge on any atom is -0.457 e. The van der Waals surface area contributed by atoms with E-state index in [4.69, 9.17) is 24.7 Å². The van der Waals surface area contributed by atoms with E-state index < -0.39 is 5.41 Å². The van der Waals surface area contributed by atoms with E-state index in [0.29, 0.717) is 17.5 Å². The number of rotatable bonds is 5. The van der Waals surface area contributed by atoms with Crippen molar-refractivity contribution < 1.29 is 4.74 Å². The molecule has 64 heavy (non-hydrogen) atoms. The number of benzene rings is 9. The maximum absolute atomic E-state index is 6.68. The van der Waals surface area contributed by atoms with Gasteiger partial charge >= 0.3 is 0 Å². The van der Waals surface area contributed by atoms with Gasteiger partial charge in [0.15, 0.2) is 17.5 Å². The Morgan fingerprint density at radius 1 is 0.328 bits per heavy atom. The molecule has 5 heteroatoms. The van der Waals surface area contributed by atoms with E-state index >= 15 is 0 Å². The van der Waals surface area contributed by atoms with Crippen LogP contribution in [0.25, 0.3) is 89.4 Å². The number of fused-ring (bicyclic) bond motifs is 13. The monoisotopic (exact) mass is 816 g/mol. The molecular formula is C59H36N4O. The summed E-state index contributed by atoms with van der Waals surface area (Å²) in [5.41, 5.74) is 14.3. The molecule has 1 aliphatic heterocycles. The maximum Gasteiger partial charge on any atom is 0.164 e. The Hall–Kier alpha value is -8.54. The van der Waals surface area contributed by atoms with Gasteiger partial charge in [0.1, 0.15) is 11.5 Å². The second-order valence-corrected chi connectivity index (χ2v) is 16.5. The Kier molecular flexibility index (Phi) is 8.06. The molecule has 0 saturated carbocycles. The summed E-state index contributed by atoms with van der Waals surface area (Å²) >= 11 is 0. The highest BCUT2D eigenvalue weighted by Crippen LogP contribution is 2.63. The molecular weight excluding hydrogens is 781 g/mol. The van der Waals surface area contributed by atoms with Crippen LogP contribution >= 0.6 is 0 Å². The van der Waals surface area contributed by atoms with Crippen LogP contribution in [-0.4, -0.2) is 19.9 Å². The average Bonchev–Trinajstić information content (AvgIpc) is 3.67. The molecule has 2 aromatic heterocycles. The van der Waals surface area contributed by atoms with Gasteiger partial charge in [0, 0.05) is 49.5 Å². The first-order valence-corrected chi connectivity index (χ1v) is 21.6. The normalized spacial score (nSPS) is 12.9. The summed E-state index contributed by atoms with van der Waals surface area (Å²) in [7, 11) is 0. The van der Waals surface area contributed by atoms with Gasteiger partial charge in [-0.1, -0.05) is 182 Å². The number of hydrogen-bond donors (Lipinski definition) is 0. The predicted octanol–water partition coefficient (Wildman–Crippen LogP) is 14.4. The molecule has 13 rings (SSSR count). The van der Waals surface area contributed by atoms with Gasteiger partial charge in [-0.25, -0.2) is 19.9 Å². The summed E-state index contributed by atoms with van der Waals surface area (Å²) in [5.74, 6) is 3.54. The van der Waals surface area contributed by atoms with E-state index in [1.165, 1.54) is 22.3 Å². The molecule has 0 N–H and O–H groups in total. The van der Waals surface area contributed by atoms with Crippen LogP contribution in [0.15, 0.2) is 218 Å². The zero-order valence-corrected chi connectivity index (χ0v) is 34.5. The van der Waals surface area contributed by atoms with Crippen LogP contribution in [0.4, 0.5) is 0 Å². The summed E-state index contributed by atoms with van der Waals surface area (Å²) < 4.78 is 6.68. The Morgan fingerprint density at radius 2 is 0.859 bits per heavy atom. The quantitative estimate of drug-likeness (QED) is 0.162. The van der Waals surface area contributed by atoms with Crippen molar-refractivity contribution in [3.05, 3.63) is 241 Å². The third-order valence-corrected chi connectivity index (χ3v) is 13.0. The zero-order valence-electron chi connectivity index (χ0n) is 34.5. The lowest BCUT2D eigenvalue weighted by atomic mass is 9.66. The molecule has 0 unspecified atom stereocenters. The van der Waals surface area contributed by atoms with Crippen molar-refractivity contribution in [1.82, 2.24) is 19.9 Å². The van der Waals surface area contributed by atoms with Gasteiger partial charge in [0.25, 0.3) is 0 Å². The zero-order chi connectivity index (χ0) is 42.2. The van der Waals surface area contributed by atoms with E-state index in [9.17, 15) is 0 Å². The topological polar surface area (TPSA) is 60.8 Å². The molecule has 0 saturated heterocycles. The minimum absolute atomic E-state index is 0.591. The lowest BCUT2D eigenvalue weighted by Gasteiger charge is -2.39. The summed E-state index contributed by atoms with van der Waals surface area (Å²) in [6, 6.07) is 76.6. The molecule has 3 heterocycles. The van der Waals surface area contributed by atoms with Crippen molar-refractivity contribution in [2.24, 2.45) is 0 Å². The number of pyridine rings is 1. The van der Waals surface area contributed by atoms with E-state index in [1.54, 1.807) is 0 Å². The lowest BCUT2D eigenvalue weighted by Crippen LogP contribution is -2.32. The van der Waals surface area contributed by atoms with E-state index in [2.05, 4.69) is 194 Å². The molecule has 0 amide bonds. The number of aromatic nitrogens is 4. The Balaban J connectivity index is 1.11. The average molecular weight is 817 g/mol. The Morgan fingerprint density at radius 3 is 1.55 bits per heavy atom. The minimum atomic E-state index is -0.617. The largest absolute Gasteiger partial charge is 0.457 e. The molecule has 1 aliphatic carbocycles. The van der Waals surface area contributed by atoms with Gasteiger partial charge in [0.2, 0.25) is 0 Å². The summed E-state index contributed by atoms with van der Waals surface area (Å²) in [5, 5.41) is 3.25. The molecule has 0 fully saturated rings. The molecule has 1 spiro atoms. The van der Waals surface area contributed by atoms with Crippen molar-refractivity contribution in [1.29, 1.82) is 0 Å². The number of hydrogen-bond acceptors (Lipinski definition) is 5. The van der Waals surface area contributed by atoms with Crippen LogP contribution in [0.5, 0.6) is 11.5 Å². The molecule has 298 valence electrons. The second-order valence-electron chi connectivity index (χ2n) is 16.5. The first kappa shape index (κ1) is 36.1. The highest BCUT2D eigenvalue weighted by molar-refractivity contribution is 6.20. The molecule has 0 atom stereocenters. The second kappa shape index (κ2) is 14.3. The highest BCUT2D eigenvalue weighted by atomic mass is 16.5. The van der Waals surface area contributed by atoms with Crippen molar-refractivity contribution in [3.63, 3.8) is 0 Å². The standard InChI is InChI=1S/C59H36N4O/c1-4-17-37(18-5-1)40-23-16-24-41(35-40)57-61-56(39-21-8-3-9-22-39)62-58(63-57)42-31-34-50-45(36-42)53-44(55(60-50)38-19-6-2-7-20-38)32-33-49-54(53)43-25-10-11-26-46(43)59(49)47-27-12-14-29-51(47)64-52-30-15-13-28-48(52)59/h1-36H. The first-order valence-electron chi connectivity index (χ1n) is 21.6. The van der Waals surface area contributed by atoms with Gasteiger partial charge in [0.05, 0.1) is 16.6 Å². The molecule has 0 bridgehead atoms. The fraction of sp³-hybridized carbons (Fsp3) is 0.0169. The van der Waals surface area contributed by atoms with Crippen LogP contribution in [0.1, 0.15) is 22.3 Å². The van der Waals surface area contributed by atoms with Crippen LogP contribution in [-0.2, 0) is 5.41 Å². The third kappa shape index (κ3) is 5.44. The van der Waals surface area contributed by atoms with E-state index in [0.717, 1.165) is 83.4 Å². The maximum atomic E-state index is 6.68. The SMILES string of the molecule is c1ccc(-c2cccc(-c3nc(-c4ccccc4)nc(-c4ccc5nc(-c6ccccc6)c6ccc7c(c6c5c4)-c4ccccc4C74c5ccccc5Oc5ccccc54)n3)c2)cc1. The summed E-state index contributed by atoms with van der Waals surface area (Å²) in [4.78, 5) is 21.0. The van der Waals surface area contributed by atoms with E-state index in [1.807, 2.05) is 24.3 Å². The summed E-state index contributed by atoms with van der Waals surface area (Å²) in [6.45, 7) is 0. The van der Waals surface area contributed by atoms with Crippen LogP contribution in [0.2, 0.25) is 0 Å². The molecule has 2 aliphatic rings. The number of para-hydroxylation sites is 2. The Labute approximate surface area is 370 Å². The predicted molar refractivity (Wildman–Crippen MR) is 257 cm³/mol. The van der Waals surface area contributed by atoms with E-state index in [-0.39, 0.29) is 0 Å². The highest BCUT2D eigenvalue weighted by Gasteiger charge is 2.51. The number of ether oxygens (including phenoxy) is 1. The number of nitrogens with zero attached hydrogens (tertiary/aromatic N) is 4. The van der Waals surface area contributed by atoms with Crippen molar-refractivity contribution in [2.75, 3.05) is 0 Å². The lowest BCUT2D eigenvalue weighted by molar-refractivity contribution is 0.436. The third-order valence-electron chi connectivity index (χ3n) is 13.0. The van der Waals surface area contributed by atoms with Crippen molar-refractivity contribution >= 4 is 21.7 Å². The van der Waals surface area contributed by atoms with Crippen molar-refractivity contribution in [2.45, 2.75) is 5.41 Å². The van der Waals surface area contributed by atoms with Crippen LogP contribution < -0.4 is 4.74 Å². The van der Waals surface area contributed by atoms with Crippen molar-refractivity contribution in [3.8, 4) is 79.2 Å². The Bertz CT molecular complexity index is 3600. The van der Waals surface area contributed by atoms with Gasteiger partial charge in [-0.05, 0) is 69.8 Å². The molecule has 11 aromatic rings.